The number of nitrogens with one attached hydrogen (secondary N) is 1. The van der Waals surface area contributed by atoms with E-state index in [0.717, 1.165) is 0 Å². The van der Waals surface area contributed by atoms with Gasteiger partial charge in [-0.25, -0.2) is 13.1 Å². The summed E-state index contributed by atoms with van der Waals surface area (Å²) in [6, 6.07) is 6.92. The molecule has 0 unspecified atom stereocenters. The Morgan fingerprint density at radius 3 is 2.60 bits per heavy atom. The molecule has 7 heteroatoms. The second-order valence-electron chi connectivity index (χ2n) is 4.24. The molecule has 0 atom stereocenters. The lowest BCUT2D eigenvalue weighted by molar-refractivity contribution is 0.205. The zero-order chi connectivity index (χ0) is 15.0. The number of methoxy groups -OCH3 is 1. The normalized spacial score (nSPS) is 11.6. The van der Waals surface area contributed by atoms with E-state index in [9.17, 15) is 8.42 Å². The third-order valence-corrected chi connectivity index (χ3v) is 4.39. The maximum absolute atomic E-state index is 12.2. The Bertz CT molecular complexity index is 505. The number of rotatable bonds is 9. The average molecular weight is 301 g/mol. The van der Waals surface area contributed by atoms with E-state index in [1.165, 1.54) is 0 Å². The molecule has 0 aliphatic heterocycles. The van der Waals surface area contributed by atoms with Crippen molar-refractivity contribution in [3.8, 4) is 0 Å². The summed E-state index contributed by atoms with van der Waals surface area (Å²) in [5.74, 6) is 0. The number of hydrogen-bond donors (Lipinski definition) is 2. The largest absolute Gasteiger partial charge is 0.383 e. The molecule has 6 nitrogen and oxygen atoms in total. The van der Waals surface area contributed by atoms with Crippen molar-refractivity contribution in [3.63, 3.8) is 0 Å². The lowest BCUT2D eigenvalue weighted by atomic mass is 10.3. The minimum atomic E-state index is -3.50. The summed E-state index contributed by atoms with van der Waals surface area (Å²) in [6.07, 6.45) is 0. The summed E-state index contributed by atoms with van der Waals surface area (Å²) in [5, 5.41) is 0. The predicted octanol–water partition coefficient (Wildman–Crippen LogP) is 0.396. The number of ether oxygens (including phenoxy) is 1. The number of anilines is 1. The Kier molecular flexibility index (Phi) is 6.94. The quantitative estimate of drug-likeness (QED) is 0.689. The van der Waals surface area contributed by atoms with Crippen LogP contribution in [0.25, 0.3) is 0 Å². The first-order valence-corrected chi connectivity index (χ1v) is 8.07. The van der Waals surface area contributed by atoms with Crippen molar-refractivity contribution in [2.45, 2.75) is 11.8 Å². The number of para-hydroxylation sites is 1. The van der Waals surface area contributed by atoms with Crippen LogP contribution >= 0.6 is 0 Å². The average Bonchev–Trinajstić information content (AvgIpc) is 2.43. The molecule has 20 heavy (non-hydrogen) atoms. The maximum atomic E-state index is 12.2. The highest BCUT2D eigenvalue weighted by Gasteiger charge is 2.20. The van der Waals surface area contributed by atoms with Gasteiger partial charge in [0, 0.05) is 33.3 Å². The van der Waals surface area contributed by atoms with Crippen LogP contribution < -0.4 is 15.4 Å². The zero-order valence-electron chi connectivity index (χ0n) is 12.0. The summed E-state index contributed by atoms with van der Waals surface area (Å²) in [4.78, 5) is 2.19. The molecule has 0 saturated carbocycles. The maximum Gasteiger partial charge on any atom is 0.242 e. The molecule has 114 valence electrons. The molecular weight excluding hydrogens is 278 g/mol. The van der Waals surface area contributed by atoms with Gasteiger partial charge in [-0.15, -0.1) is 0 Å². The summed E-state index contributed by atoms with van der Waals surface area (Å²) in [5.41, 5.74) is 6.26. The SMILES string of the molecule is CCNS(=O)(=O)c1ccccc1N(CCN)CCOC. The third-order valence-electron chi connectivity index (χ3n) is 2.79. The van der Waals surface area contributed by atoms with Gasteiger partial charge in [0.25, 0.3) is 0 Å². The number of nitrogens with two attached hydrogens (primary N) is 1. The molecule has 1 rings (SSSR count). The third kappa shape index (κ3) is 4.45. The summed E-state index contributed by atoms with van der Waals surface area (Å²) in [7, 11) is -1.89. The first-order valence-electron chi connectivity index (χ1n) is 6.59. The van der Waals surface area contributed by atoms with Gasteiger partial charge in [-0.2, -0.15) is 0 Å². The molecule has 0 aliphatic carbocycles. The number of benzene rings is 1. The van der Waals surface area contributed by atoms with Crippen molar-refractivity contribution in [2.24, 2.45) is 5.73 Å². The highest BCUT2D eigenvalue weighted by atomic mass is 32.2. The van der Waals surface area contributed by atoms with Crippen LogP contribution in [0.15, 0.2) is 29.2 Å². The molecule has 0 saturated heterocycles. The van der Waals surface area contributed by atoms with Gasteiger partial charge in [-0.1, -0.05) is 19.1 Å². The molecule has 0 radical (unpaired) electrons. The van der Waals surface area contributed by atoms with Gasteiger partial charge in [0.2, 0.25) is 10.0 Å². The first kappa shape index (κ1) is 16.9. The van der Waals surface area contributed by atoms with Gasteiger partial charge < -0.3 is 15.4 Å². The van der Waals surface area contributed by atoms with Gasteiger partial charge in [0.05, 0.1) is 12.3 Å². The number of sulfonamides is 1. The molecule has 0 aliphatic rings. The van der Waals surface area contributed by atoms with Crippen LogP contribution in [0.1, 0.15) is 6.92 Å². The van der Waals surface area contributed by atoms with Crippen LogP contribution in [0.2, 0.25) is 0 Å². The van der Waals surface area contributed by atoms with E-state index >= 15 is 0 Å². The molecule has 0 spiro atoms. The van der Waals surface area contributed by atoms with Crippen LogP contribution in [0.5, 0.6) is 0 Å². The Morgan fingerprint density at radius 1 is 1.30 bits per heavy atom. The van der Waals surface area contributed by atoms with E-state index in [1.54, 1.807) is 32.2 Å². The topological polar surface area (TPSA) is 84.7 Å². The highest BCUT2D eigenvalue weighted by molar-refractivity contribution is 7.89. The molecule has 0 amide bonds. The van der Waals surface area contributed by atoms with Gasteiger partial charge in [-0.05, 0) is 12.1 Å². The van der Waals surface area contributed by atoms with Crippen LogP contribution in [0.3, 0.4) is 0 Å². The fourth-order valence-corrected chi connectivity index (χ4v) is 3.19. The lowest BCUT2D eigenvalue weighted by Crippen LogP contribution is -2.34. The Hall–Kier alpha value is -1.15. The molecule has 1 aromatic carbocycles. The minimum absolute atomic E-state index is 0.270. The molecule has 1 aromatic rings. The van der Waals surface area contributed by atoms with Crippen LogP contribution in [0.4, 0.5) is 5.69 Å². The van der Waals surface area contributed by atoms with Crippen molar-refractivity contribution in [3.05, 3.63) is 24.3 Å². The van der Waals surface area contributed by atoms with E-state index < -0.39 is 10.0 Å². The minimum Gasteiger partial charge on any atom is -0.383 e. The molecule has 3 N–H and O–H groups in total. The monoisotopic (exact) mass is 301 g/mol. The van der Waals surface area contributed by atoms with Crippen LogP contribution in [-0.4, -0.2) is 48.3 Å². The van der Waals surface area contributed by atoms with E-state index in [2.05, 4.69) is 4.72 Å². The Labute approximate surface area is 121 Å². The van der Waals surface area contributed by atoms with Crippen molar-refractivity contribution < 1.29 is 13.2 Å². The van der Waals surface area contributed by atoms with E-state index in [-0.39, 0.29) is 4.90 Å². The summed E-state index contributed by atoms with van der Waals surface area (Å²) >= 11 is 0. The Balaban J connectivity index is 3.15. The van der Waals surface area contributed by atoms with Gasteiger partial charge in [0.15, 0.2) is 0 Å². The van der Waals surface area contributed by atoms with E-state index in [4.69, 9.17) is 10.5 Å². The van der Waals surface area contributed by atoms with Crippen molar-refractivity contribution in [2.75, 3.05) is 44.8 Å². The number of hydrogen-bond acceptors (Lipinski definition) is 5. The fraction of sp³-hybridized carbons (Fsp3) is 0.538. The fourth-order valence-electron chi connectivity index (χ4n) is 1.92. The van der Waals surface area contributed by atoms with Crippen molar-refractivity contribution >= 4 is 15.7 Å². The second-order valence-corrected chi connectivity index (χ2v) is 5.97. The smallest absolute Gasteiger partial charge is 0.242 e. The lowest BCUT2D eigenvalue weighted by Gasteiger charge is -2.26. The molecule has 0 heterocycles. The molecule has 0 fully saturated rings. The zero-order valence-corrected chi connectivity index (χ0v) is 12.8. The van der Waals surface area contributed by atoms with Gasteiger partial charge in [0.1, 0.15) is 4.90 Å². The van der Waals surface area contributed by atoms with E-state index in [1.807, 2.05) is 11.0 Å². The first-order chi connectivity index (χ1) is 9.56. The summed E-state index contributed by atoms with van der Waals surface area (Å²) < 4.78 is 32.1. The van der Waals surface area contributed by atoms with Gasteiger partial charge >= 0.3 is 0 Å². The van der Waals surface area contributed by atoms with Gasteiger partial charge in [-0.3, -0.25) is 0 Å². The van der Waals surface area contributed by atoms with Crippen LogP contribution in [-0.2, 0) is 14.8 Å². The molecule has 0 bridgehead atoms. The summed E-state index contributed by atoms with van der Waals surface area (Å²) in [6.45, 7) is 4.22. The molecular formula is C13H23N3O3S. The van der Waals surface area contributed by atoms with E-state index in [0.29, 0.717) is 38.5 Å². The highest BCUT2D eigenvalue weighted by Crippen LogP contribution is 2.24. The second kappa shape index (κ2) is 8.21. The standard InChI is InChI=1S/C13H23N3O3S/c1-3-15-20(17,18)13-7-5-4-6-12(13)16(9-8-14)10-11-19-2/h4-7,15H,3,8-11,14H2,1-2H3. The predicted molar refractivity (Wildman–Crippen MR) is 80.4 cm³/mol. The molecule has 0 aromatic heterocycles. The number of nitrogens with zero attached hydrogens (tertiary/aromatic N) is 1. The van der Waals surface area contributed by atoms with Crippen molar-refractivity contribution in [1.82, 2.24) is 4.72 Å². The van der Waals surface area contributed by atoms with Crippen molar-refractivity contribution in [1.29, 1.82) is 0 Å². The Morgan fingerprint density at radius 2 is 2.00 bits per heavy atom. The van der Waals surface area contributed by atoms with Crippen LogP contribution in [0, 0.1) is 0 Å².